The molecule has 0 saturated carbocycles. The maximum Gasteiger partial charge on any atom is 0.325 e. The number of nitrogens with zero attached hydrogens (tertiary/aromatic N) is 2. The van der Waals surface area contributed by atoms with E-state index in [4.69, 9.17) is 0 Å². The van der Waals surface area contributed by atoms with Crippen LogP contribution in [0.2, 0.25) is 0 Å². The van der Waals surface area contributed by atoms with Crippen LogP contribution in [0.3, 0.4) is 0 Å². The number of hydrogen-bond donors (Lipinski definition) is 2. The highest BCUT2D eigenvalue weighted by molar-refractivity contribution is 7.15. The number of nitrogens with one attached hydrogen (secondary N) is 2. The number of rotatable bonds is 6. The number of carbonyl (C=O) groups excluding carboxylic acids is 3. The zero-order valence-electron chi connectivity index (χ0n) is 14.7. The average molecular weight is 384 g/mol. The predicted molar refractivity (Wildman–Crippen MR) is 101 cm³/mol. The molecule has 2 aromatic rings. The SMILES string of the molecule is O=C(CC[C@H]1NC(=O)N(Cc2ccccc2)C1=O)Nc1nc2c(s1)CCC2. The molecular formula is C19H20N4O3S. The quantitative estimate of drug-likeness (QED) is 0.749. The molecule has 27 heavy (non-hydrogen) atoms. The van der Waals surface area contributed by atoms with Crippen molar-refractivity contribution in [1.29, 1.82) is 0 Å². The van der Waals surface area contributed by atoms with Gasteiger partial charge in [-0.1, -0.05) is 30.3 Å². The summed E-state index contributed by atoms with van der Waals surface area (Å²) in [7, 11) is 0. The van der Waals surface area contributed by atoms with E-state index in [1.54, 1.807) is 0 Å². The summed E-state index contributed by atoms with van der Waals surface area (Å²) >= 11 is 1.52. The summed E-state index contributed by atoms with van der Waals surface area (Å²) in [6.45, 7) is 0.235. The van der Waals surface area contributed by atoms with Crippen LogP contribution >= 0.6 is 11.3 Å². The van der Waals surface area contributed by atoms with E-state index in [0.29, 0.717) is 5.13 Å². The molecule has 7 nitrogen and oxygen atoms in total. The molecule has 0 unspecified atom stereocenters. The van der Waals surface area contributed by atoms with Crippen LogP contribution in [0.15, 0.2) is 30.3 Å². The smallest absolute Gasteiger partial charge is 0.325 e. The second-order valence-electron chi connectivity index (χ2n) is 6.74. The molecular weight excluding hydrogens is 364 g/mol. The molecule has 2 aliphatic rings. The molecule has 1 aliphatic heterocycles. The molecule has 2 heterocycles. The minimum atomic E-state index is -0.659. The molecule has 1 saturated heterocycles. The molecule has 0 bridgehead atoms. The minimum Gasteiger partial charge on any atom is -0.326 e. The fraction of sp³-hybridized carbons (Fsp3) is 0.368. The lowest BCUT2D eigenvalue weighted by Gasteiger charge is -2.13. The van der Waals surface area contributed by atoms with Crippen molar-refractivity contribution >= 4 is 34.3 Å². The van der Waals surface area contributed by atoms with Gasteiger partial charge in [0, 0.05) is 11.3 Å². The lowest BCUT2D eigenvalue weighted by molar-refractivity contribution is -0.128. The van der Waals surface area contributed by atoms with Crippen LogP contribution in [0.4, 0.5) is 9.93 Å². The third-order valence-electron chi connectivity index (χ3n) is 4.79. The Balaban J connectivity index is 1.29. The van der Waals surface area contributed by atoms with Gasteiger partial charge in [-0.25, -0.2) is 9.78 Å². The third-order valence-corrected chi connectivity index (χ3v) is 5.87. The molecule has 140 valence electrons. The van der Waals surface area contributed by atoms with Crippen LogP contribution in [-0.4, -0.2) is 33.8 Å². The van der Waals surface area contributed by atoms with Gasteiger partial charge in [0.15, 0.2) is 5.13 Å². The standard InChI is InChI=1S/C19H20N4O3S/c24-16(22-18-20-13-7-4-8-15(13)27-18)10-9-14-17(25)23(19(26)21-14)11-12-5-2-1-3-6-12/h1-3,5-6,14H,4,7-11H2,(H,21,26)(H,20,22,24)/t14-/m1/s1. The van der Waals surface area contributed by atoms with E-state index in [1.807, 2.05) is 30.3 Å². The fourth-order valence-electron chi connectivity index (χ4n) is 3.39. The molecule has 4 rings (SSSR count). The number of fused-ring (bicyclic) bond motifs is 1. The van der Waals surface area contributed by atoms with Crippen molar-refractivity contribution in [1.82, 2.24) is 15.2 Å². The van der Waals surface area contributed by atoms with Crippen molar-refractivity contribution in [3.05, 3.63) is 46.5 Å². The first-order valence-electron chi connectivity index (χ1n) is 9.04. The summed E-state index contributed by atoms with van der Waals surface area (Å²) in [5.74, 6) is -0.476. The predicted octanol–water partition coefficient (Wildman–Crippen LogP) is 2.47. The van der Waals surface area contributed by atoms with Crippen molar-refractivity contribution in [2.24, 2.45) is 0 Å². The summed E-state index contributed by atoms with van der Waals surface area (Å²) in [5.41, 5.74) is 1.97. The Kier molecular flexibility index (Phi) is 4.89. The second-order valence-corrected chi connectivity index (χ2v) is 7.82. The summed E-state index contributed by atoms with van der Waals surface area (Å²) in [5, 5.41) is 6.09. The first-order chi connectivity index (χ1) is 13.1. The van der Waals surface area contributed by atoms with Gasteiger partial charge < -0.3 is 10.6 Å². The maximum atomic E-state index is 12.5. The zero-order chi connectivity index (χ0) is 18.8. The van der Waals surface area contributed by atoms with Crippen LogP contribution in [0, 0.1) is 0 Å². The van der Waals surface area contributed by atoms with E-state index < -0.39 is 12.1 Å². The van der Waals surface area contributed by atoms with E-state index in [-0.39, 0.29) is 31.2 Å². The van der Waals surface area contributed by atoms with Gasteiger partial charge in [-0.3, -0.25) is 14.5 Å². The largest absolute Gasteiger partial charge is 0.326 e. The topological polar surface area (TPSA) is 91.4 Å². The molecule has 0 radical (unpaired) electrons. The zero-order valence-corrected chi connectivity index (χ0v) is 15.6. The molecule has 1 aromatic heterocycles. The number of urea groups is 1. The van der Waals surface area contributed by atoms with E-state index in [1.165, 1.54) is 21.1 Å². The highest BCUT2D eigenvalue weighted by Crippen LogP contribution is 2.30. The van der Waals surface area contributed by atoms with Crippen molar-refractivity contribution in [3.63, 3.8) is 0 Å². The first kappa shape index (κ1) is 17.7. The molecule has 4 amide bonds. The van der Waals surface area contributed by atoms with Crippen LogP contribution in [0.25, 0.3) is 0 Å². The van der Waals surface area contributed by atoms with Crippen LogP contribution in [0.5, 0.6) is 0 Å². The second kappa shape index (κ2) is 7.48. The van der Waals surface area contributed by atoms with Gasteiger partial charge in [0.2, 0.25) is 5.91 Å². The van der Waals surface area contributed by atoms with Gasteiger partial charge in [-0.05, 0) is 31.2 Å². The molecule has 1 aromatic carbocycles. The number of amides is 4. The normalized spacial score (nSPS) is 18.5. The Bertz CT molecular complexity index is 859. The number of carbonyl (C=O) groups is 3. The fourth-order valence-corrected chi connectivity index (χ4v) is 4.46. The Morgan fingerprint density at radius 1 is 1.26 bits per heavy atom. The van der Waals surface area contributed by atoms with E-state index >= 15 is 0 Å². The monoisotopic (exact) mass is 384 g/mol. The lowest BCUT2D eigenvalue weighted by atomic mass is 10.1. The first-order valence-corrected chi connectivity index (χ1v) is 9.86. The Morgan fingerprint density at radius 2 is 2.07 bits per heavy atom. The minimum absolute atomic E-state index is 0.153. The van der Waals surface area contributed by atoms with Crippen LogP contribution in [-0.2, 0) is 29.0 Å². The summed E-state index contributed by atoms with van der Waals surface area (Å²) in [4.78, 5) is 43.6. The third kappa shape index (κ3) is 3.85. The summed E-state index contributed by atoms with van der Waals surface area (Å²) in [6, 6.07) is 8.28. The maximum absolute atomic E-state index is 12.5. The van der Waals surface area contributed by atoms with Gasteiger partial charge in [0.1, 0.15) is 6.04 Å². The number of anilines is 1. The Labute approximate surface area is 160 Å². The molecule has 2 N–H and O–H groups in total. The van der Waals surface area contributed by atoms with Gasteiger partial charge in [-0.15, -0.1) is 11.3 Å². The molecule has 8 heteroatoms. The number of benzene rings is 1. The van der Waals surface area contributed by atoms with E-state index in [2.05, 4.69) is 15.6 Å². The molecule has 0 spiro atoms. The number of thiazole rings is 1. The number of hydrogen-bond acceptors (Lipinski definition) is 5. The van der Waals surface area contributed by atoms with Gasteiger partial charge >= 0.3 is 6.03 Å². The number of imide groups is 1. The van der Waals surface area contributed by atoms with Gasteiger partial charge in [0.05, 0.1) is 12.2 Å². The van der Waals surface area contributed by atoms with Crippen molar-refractivity contribution < 1.29 is 14.4 Å². The van der Waals surface area contributed by atoms with Crippen molar-refractivity contribution in [2.45, 2.75) is 44.7 Å². The van der Waals surface area contributed by atoms with Crippen molar-refractivity contribution in [2.75, 3.05) is 5.32 Å². The average Bonchev–Trinajstić information content (AvgIpc) is 3.31. The molecule has 1 fully saturated rings. The molecule has 1 atom stereocenters. The van der Waals surface area contributed by atoms with Crippen LogP contribution < -0.4 is 10.6 Å². The van der Waals surface area contributed by atoms with Crippen LogP contribution in [0.1, 0.15) is 35.4 Å². The molecule has 1 aliphatic carbocycles. The highest BCUT2D eigenvalue weighted by atomic mass is 32.1. The number of aromatic nitrogens is 1. The van der Waals surface area contributed by atoms with Gasteiger partial charge in [-0.2, -0.15) is 0 Å². The van der Waals surface area contributed by atoms with Crippen molar-refractivity contribution in [3.8, 4) is 0 Å². The number of aryl methyl sites for hydroxylation is 2. The summed E-state index contributed by atoms with van der Waals surface area (Å²) in [6.07, 6.45) is 3.56. The van der Waals surface area contributed by atoms with E-state index in [9.17, 15) is 14.4 Å². The Morgan fingerprint density at radius 3 is 2.85 bits per heavy atom. The summed E-state index contributed by atoms with van der Waals surface area (Å²) < 4.78 is 0. The Hall–Kier alpha value is -2.74. The van der Waals surface area contributed by atoms with E-state index in [0.717, 1.165) is 30.5 Å². The van der Waals surface area contributed by atoms with Gasteiger partial charge in [0.25, 0.3) is 5.91 Å². The lowest BCUT2D eigenvalue weighted by Crippen LogP contribution is -2.31. The highest BCUT2D eigenvalue weighted by Gasteiger charge is 2.37.